The van der Waals surface area contributed by atoms with Gasteiger partial charge >= 0.3 is 6.18 Å². The van der Waals surface area contributed by atoms with Crippen molar-refractivity contribution in [3.05, 3.63) is 71.7 Å². The van der Waals surface area contributed by atoms with Crippen LogP contribution in [0.5, 0.6) is 11.6 Å². The Kier molecular flexibility index (Phi) is 8.24. The van der Waals surface area contributed by atoms with Crippen LogP contribution < -0.4 is 14.8 Å². The van der Waals surface area contributed by atoms with Gasteiger partial charge in [0, 0.05) is 36.0 Å². The molecule has 196 valence electrons. The van der Waals surface area contributed by atoms with Gasteiger partial charge in [0.1, 0.15) is 25.6 Å². The molecule has 2 aromatic heterocycles. The molecule has 4 rings (SSSR count). The van der Waals surface area contributed by atoms with Gasteiger partial charge in [-0.15, -0.1) is 0 Å². The maximum Gasteiger partial charge on any atom is 0.411 e. The molecule has 0 aliphatic carbocycles. The number of aliphatic hydroxyl groups excluding tert-OH is 1. The first-order valence-electron chi connectivity index (χ1n) is 11.6. The molecule has 0 fully saturated rings. The quantitative estimate of drug-likeness (QED) is 0.415. The first-order valence-corrected chi connectivity index (χ1v) is 11.6. The number of nitrogens with zero attached hydrogens (tertiary/aromatic N) is 2. The lowest BCUT2D eigenvalue weighted by Crippen LogP contribution is -2.42. The van der Waals surface area contributed by atoms with Crippen molar-refractivity contribution in [2.24, 2.45) is 0 Å². The largest absolute Gasteiger partial charge is 0.491 e. The summed E-state index contributed by atoms with van der Waals surface area (Å²) in [6.07, 6.45) is -1.46. The van der Waals surface area contributed by atoms with E-state index in [-0.39, 0.29) is 31.0 Å². The molecule has 0 spiro atoms. The van der Waals surface area contributed by atoms with Crippen LogP contribution in [0.15, 0.2) is 54.9 Å². The molecule has 2 N–H and O–H groups in total. The zero-order valence-electron chi connectivity index (χ0n) is 20.0. The number of carbonyl (C=O) groups excluding carboxylic acids is 1. The number of hydrogen-bond acceptors (Lipinski definition) is 7. The van der Waals surface area contributed by atoms with Crippen LogP contribution in [0.25, 0.3) is 11.1 Å². The summed E-state index contributed by atoms with van der Waals surface area (Å²) in [6, 6.07) is 12.1. The minimum absolute atomic E-state index is 0.104. The predicted octanol–water partition coefficient (Wildman–Crippen LogP) is 3.89. The number of hydrogen-bond donors (Lipinski definition) is 2. The maximum atomic E-state index is 12.8. The molecule has 8 nitrogen and oxygen atoms in total. The van der Waals surface area contributed by atoms with Crippen LogP contribution in [0.1, 0.15) is 34.6 Å². The second-order valence-electron chi connectivity index (χ2n) is 8.52. The Hall–Kier alpha value is -3.70. The van der Waals surface area contributed by atoms with E-state index in [9.17, 15) is 23.1 Å². The lowest BCUT2D eigenvalue weighted by molar-refractivity contribution is -0.175. The normalized spacial score (nSPS) is 15.9. The Balaban J connectivity index is 1.34. The van der Waals surface area contributed by atoms with E-state index in [2.05, 4.69) is 20.0 Å². The summed E-state index contributed by atoms with van der Waals surface area (Å²) in [5.41, 5.74) is 3.64. The number of benzene rings is 1. The molecule has 1 aliphatic heterocycles. The summed E-state index contributed by atoms with van der Waals surface area (Å²) in [4.78, 5) is 21.1. The monoisotopic (exact) mass is 517 g/mol. The van der Waals surface area contributed by atoms with E-state index in [0.717, 1.165) is 22.4 Å². The number of alkyl halides is 3. The van der Waals surface area contributed by atoms with Crippen molar-refractivity contribution < 1.29 is 37.3 Å². The number of carbonyl (C=O) groups is 1. The predicted molar refractivity (Wildman–Crippen MR) is 127 cm³/mol. The van der Waals surface area contributed by atoms with Gasteiger partial charge in [0.15, 0.2) is 0 Å². The number of fused-ring (bicyclic) bond motifs is 1. The van der Waals surface area contributed by atoms with E-state index in [1.54, 1.807) is 19.2 Å². The highest BCUT2D eigenvalue weighted by Gasteiger charge is 2.27. The fraction of sp³-hybridized carbons (Fsp3) is 0.346. The van der Waals surface area contributed by atoms with Gasteiger partial charge in [0.2, 0.25) is 5.88 Å². The molecule has 1 aromatic carbocycles. The first-order chi connectivity index (χ1) is 17.7. The van der Waals surface area contributed by atoms with Gasteiger partial charge in [-0.3, -0.25) is 9.78 Å². The molecule has 37 heavy (non-hydrogen) atoms. The third-order valence-corrected chi connectivity index (χ3v) is 5.63. The Morgan fingerprint density at radius 1 is 1.16 bits per heavy atom. The third kappa shape index (κ3) is 7.17. The Bertz CT molecular complexity index is 1200. The summed E-state index contributed by atoms with van der Waals surface area (Å²) in [5.74, 6) is 0.567. The van der Waals surface area contributed by atoms with Crippen molar-refractivity contribution in [1.29, 1.82) is 0 Å². The van der Waals surface area contributed by atoms with E-state index in [1.165, 1.54) is 18.3 Å². The standard InChI is InChI=1S/C26H26F3N3O5/c1-16(33)22-7-5-17(12-30-22)20-3-2-4-23-21(20)11-19(14-37-23)32-25(34)18-6-8-24(31-13-18)36-10-9-35-15-26(27,28)29/h2-8,12-13,16,19,33H,9-11,14-15H2,1H3,(H,32,34)/t16?,19-/m0/s1. The van der Waals surface area contributed by atoms with Crippen molar-refractivity contribution in [1.82, 2.24) is 15.3 Å². The summed E-state index contributed by atoms with van der Waals surface area (Å²) >= 11 is 0. The van der Waals surface area contributed by atoms with Crippen LogP contribution >= 0.6 is 0 Å². The van der Waals surface area contributed by atoms with Crippen molar-refractivity contribution in [2.45, 2.75) is 31.7 Å². The van der Waals surface area contributed by atoms with Crippen molar-refractivity contribution in [3.63, 3.8) is 0 Å². The third-order valence-electron chi connectivity index (χ3n) is 5.63. The molecular formula is C26H26F3N3O5. The van der Waals surface area contributed by atoms with Gasteiger partial charge in [0.05, 0.1) is 30.0 Å². The SMILES string of the molecule is CC(O)c1ccc(-c2cccc3c2C[C@H](NC(=O)c2ccc(OCCOCC(F)(F)F)nc2)CO3)cn1. The molecule has 2 atom stereocenters. The van der Waals surface area contributed by atoms with E-state index in [4.69, 9.17) is 9.47 Å². The molecular weight excluding hydrogens is 491 g/mol. The number of ether oxygens (including phenoxy) is 3. The second kappa shape index (κ2) is 11.6. The van der Waals surface area contributed by atoms with E-state index < -0.39 is 18.9 Å². The minimum Gasteiger partial charge on any atom is -0.491 e. The van der Waals surface area contributed by atoms with Crippen molar-refractivity contribution in [3.8, 4) is 22.8 Å². The molecule has 3 heterocycles. The minimum atomic E-state index is -4.39. The van der Waals surface area contributed by atoms with Crippen LogP contribution in [-0.4, -0.2) is 59.6 Å². The summed E-state index contributed by atoms with van der Waals surface area (Å²) < 4.78 is 51.8. The maximum absolute atomic E-state index is 12.8. The number of amides is 1. The molecule has 0 bridgehead atoms. The van der Waals surface area contributed by atoms with E-state index in [1.807, 2.05) is 24.3 Å². The van der Waals surface area contributed by atoms with Crippen molar-refractivity contribution >= 4 is 5.91 Å². The highest BCUT2D eigenvalue weighted by molar-refractivity contribution is 5.94. The highest BCUT2D eigenvalue weighted by atomic mass is 19.4. The number of rotatable bonds is 9. The van der Waals surface area contributed by atoms with Gasteiger partial charge < -0.3 is 24.6 Å². The zero-order chi connectivity index (χ0) is 26.4. The van der Waals surface area contributed by atoms with Gasteiger partial charge in [-0.2, -0.15) is 13.2 Å². The Morgan fingerprint density at radius 3 is 2.68 bits per heavy atom. The molecule has 11 heteroatoms. The molecule has 0 saturated heterocycles. The van der Waals surface area contributed by atoms with Gasteiger partial charge in [-0.25, -0.2) is 4.98 Å². The van der Waals surface area contributed by atoms with Crippen LogP contribution in [0.2, 0.25) is 0 Å². The van der Waals surface area contributed by atoms with Gasteiger partial charge in [0.25, 0.3) is 5.91 Å². The van der Waals surface area contributed by atoms with E-state index >= 15 is 0 Å². The number of aliphatic hydroxyl groups is 1. The fourth-order valence-electron chi connectivity index (χ4n) is 3.84. The average Bonchev–Trinajstić information content (AvgIpc) is 2.88. The first kappa shape index (κ1) is 26.4. The number of halogens is 3. The molecule has 0 saturated carbocycles. The molecule has 1 amide bonds. The summed E-state index contributed by atoms with van der Waals surface area (Å²) in [5, 5.41) is 12.7. The smallest absolute Gasteiger partial charge is 0.411 e. The van der Waals surface area contributed by atoms with Crippen LogP contribution in [0.4, 0.5) is 13.2 Å². The van der Waals surface area contributed by atoms with Gasteiger partial charge in [-0.05, 0) is 30.7 Å². The van der Waals surface area contributed by atoms with Crippen LogP contribution in [-0.2, 0) is 11.2 Å². The number of pyridine rings is 2. The molecule has 1 aliphatic rings. The molecule has 0 radical (unpaired) electrons. The highest BCUT2D eigenvalue weighted by Crippen LogP contribution is 2.34. The Morgan fingerprint density at radius 2 is 2.00 bits per heavy atom. The number of aromatic nitrogens is 2. The zero-order valence-corrected chi connectivity index (χ0v) is 20.0. The molecule has 3 aromatic rings. The Labute approximate surface area is 211 Å². The number of nitrogens with one attached hydrogen (secondary N) is 1. The van der Waals surface area contributed by atoms with Crippen molar-refractivity contribution in [2.75, 3.05) is 26.4 Å². The lowest BCUT2D eigenvalue weighted by Gasteiger charge is -2.28. The summed E-state index contributed by atoms with van der Waals surface area (Å²) in [6.45, 7) is 0.268. The summed E-state index contributed by atoms with van der Waals surface area (Å²) in [7, 11) is 0. The fourth-order valence-corrected chi connectivity index (χ4v) is 3.84. The topological polar surface area (TPSA) is 103 Å². The van der Waals surface area contributed by atoms with Crippen LogP contribution in [0.3, 0.4) is 0 Å². The average molecular weight is 518 g/mol. The van der Waals surface area contributed by atoms with Gasteiger partial charge in [-0.1, -0.05) is 18.2 Å². The second-order valence-corrected chi connectivity index (χ2v) is 8.52. The lowest BCUT2D eigenvalue weighted by atomic mass is 9.93. The molecule has 1 unspecified atom stereocenters. The van der Waals surface area contributed by atoms with E-state index in [0.29, 0.717) is 24.3 Å². The van der Waals surface area contributed by atoms with Crippen LogP contribution in [0, 0.1) is 0 Å².